The second kappa shape index (κ2) is 6.07. The maximum Gasteiger partial charge on any atom is 0.258 e. The Balaban J connectivity index is 2.01. The van der Waals surface area contributed by atoms with Crippen molar-refractivity contribution in [3.8, 4) is 0 Å². The molecular weight excluding hydrogens is 278 g/mol. The van der Waals surface area contributed by atoms with Crippen LogP contribution in [-0.4, -0.2) is 33.5 Å². The van der Waals surface area contributed by atoms with Gasteiger partial charge < -0.3 is 9.42 Å². The van der Waals surface area contributed by atoms with Crippen molar-refractivity contribution in [2.75, 3.05) is 6.54 Å². The fourth-order valence-corrected chi connectivity index (χ4v) is 3.50. The van der Waals surface area contributed by atoms with E-state index < -0.39 is 0 Å². The van der Waals surface area contributed by atoms with Crippen molar-refractivity contribution >= 4 is 17.0 Å². The van der Waals surface area contributed by atoms with Crippen LogP contribution in [0.25, 0.3) is 11.1 Å². The minimum Gasteiger partial charge on any atom is -0.336 e. The van der Waals surface area contributed by atoms with Crippen molar-refractivity contribution in [1.82, 2.24) is 15.0 Å². The van der Waals surface area contributed by atoms with Gasteiger partial charge in [-0.2, -0.15) is 0 Å². The molecule has 2 heterocycles. The van der Waals surface area contributed by atoms with Crippen LogP contribution in [0.15, 0.2) is 10.6 Å². The van der Waals surface area contributed by atoms with Gasteiger partial charge in [0.25, 0.3) is 11.6 Å². The lowest BCUT2D eigenvalue weighted by Gasteiger charge is -2.33. The Hall–Kier alpha value is -1.91. The molecule has 5 heteroatoms. The van der Waals surface area contributed by atoms with Crippen LogP contribution in [0.2, 0.25) is 0 Å². The lowest BCUT2D eigenvalue weighted by atomic mass is 9.93. The number of aryl methyl sites for hydroxylation is 2. The third kappa shape index (κ3) is 2.60. The van der Waals surface area contributed by atoms with Crippen molar-refractivity contribution in [2.24, 2.45) is 0 Å². The van der Waals surface area contributed by atoms with Gasteiger partial charge >= 0.3 is 0 Å². The largest absolute Gasteiger partial charge is 0.336 e. The molecule has 0 aliphatic heterocycles. The van der Waals surface area contributed by atoms with Crippen molar-refractivity contribution < 1.29 is 9.32 Å². The fraction of sp³-hybridized carbons (Fsp3) is 0.588. The molecule has 0 N–H and O–H groups in total. The number of nitrogens with zero attached hydrogens (tertiary/aromatic N) is 3. The summed E-state index contributed by atoms with van der Waals surface area (Å²) in [7, 11) is 0. The molecule has 2 aromatic rings. The minimum absolute atomic E-state index is 0.0798. The molecule has 3 rings (SSSR count). The Morgan fingerprint density at radius 2 is 2.05 bits per heavy atom. The molecule has 1 fully saturated rings. The number of pyridine rings is 1. The van der Waals surface area contributed by atoms with Gasteiger partial charge in [0.1, 0.15) is 0 Å². The number of amides is 1. The van der Waals surface area contributed by atoms with E-state index in [4.69, 9.17) is 4.52 Å². The van der Waals surface area contributed by atoms with Crippen LogP contribution in [0.1, 0.15) is 60.8 Å². The second-order valence-electron chi connectivity index (χ2n) is 6.14. The zero-order chi connectivity index (χ0) is 15.7. The molecule has 0 aromatic carbocycles. The Morgan fingerprint density at radius 3 is 2.73 bits per heavy atom. The maximum absolute atomic E-state index is 13.1. The molecule has 22 heavy (non-hydrogen) atoms. The molecule has 0 radical (unpaired) electrons. The third-order valence-corrected chi connectivity index (χ3v) is 4.59. The van der Waals surface area contributed by atoms with Crippen LogP contribution in [0.3, 0.4) is 0 Å². The second-order valence-corrected chi connectivity index (χ2v) is 6.14. The molecule has 0 unspecified atom stereocenters. The quantitative estimate of drug-likeness (QED) is 0.868. The molecule has 0 atom stereocenters. The molecule has 1 aliphatic carbocycles. The van der Waals surface area contributed by atoms with E-state index in [9.17, 15) is 4.79 Å². The van der Waals surface area contributed by atoms with Crippen LogP contribution >= 0.6 is 0 Å². The summed E-state index contributed by atoms with van der Waals surface area (Å²) in [5, 5.41) is 4.72. The van der Waals surface area contributed by atoms with Crippen LogP contribution in [0.4, 0.5) is 0 Å². The van der Waals surface area contributed by atoms with Gasteiger partial charge in [0, 0.05) is 18.3 Å². The van der Waals surface area contributed by atoms with E-state index in [2.05, 4.69) is 17.1 Å². The summed E-state index contributed by atoms with van der Waals surface area (Å²) < 4.78 is 5.25. The van der Waals surface area contributed by atoms with E-state index >= 15 is 0 Å². The van der Waals surface area contributed by atoms with Gasteiger partial charge in [0.2, 0.25) is 0 Å². The van der Waals surface area contributed by atoms with Crippen molar-refractivity contribution in [1.29, 1.82) is 0 Å². The monoisotopic (exact) mass is 301 g/mol. The summed E-state index contributed by atoms with van der Waals surface area (Å²) in [6.45, 7) is 6.52. The summed E-state index contributed by atoms with van der Waals surface area (Å²) >= 11 is 0. The lowest BCUT2D eigenvalue weighted by molar-refractivity contribution is 0.0649. The fourth-order valence-electron chi connectivity index (χ4n) is 3.50. The van der Waals surface area contributed by atoms with E-state index in [-0.39, 0.29) is 5.91 Å². The summed E-state index contributed by atoms with van der Waals surface area (Å²) in [4.78, 5) is 19.5. The Bertz CT molecular complexity index is 687. The Labute approximate surface area is 130 Å². The number of carbonyl (C=O) groups is 1. The van der Waals surface area contributed by atoms with Crippen LogP contribution in [0.5, 0.6) is 0 Å². The van der Waals surface area contributed by atoms with Crippen molar-refractivity contribution in [2.45, 2.75) is 58.9 Å². The first kappa shape index (κ1) is 15.0. The van der Waals surface area contributed by atoms with Gasteiger partial charge in [-0.3, -0.25) is 4.79 Å². The van der Waals surface area contributed by atoms with E-state index in [0.29, 0.717) is 17.3 Å². The first-order chi connectivity index (χ1) is 10.6. The predicted molar refractivity (Wildman–Crippen MR) is 84.9 cm³/mol. The van der Waals surface area contributed by atoms with E-state index in [1.807, 2.05) is 24.8 Å². The number of fused-ring (bicyclic) bond motifs is 1. The number of hydrogen-bond acceptors (Lipinski definition) is 4. The molecule has 1 aliphatic rings. The zero-order valence-corrected chi connectivity index (χ0v) is 13.6. The summed E-state index contributed by atoms with van der Waals surface area (Å²) in [6, 6.07) is 2.22. The van der Waals surface area contributed by atoms with Crippen LogP contribution < -0.4 is 0 Å². The maximum atomic E-state index is 13.1. The van der Waals surface area contributed by atoms with E-state index in [1.165, 1.54) is 19.3 Å². The van der Waals surface area contributed by atoms with Crippen molar-refractivity contribution in [3.05, 3.63) is 23.0 Å². The highest BCUT2D eigenvalue weighted by molar-refractivity contribution is 6.06. The first-order valence-electron chi connectivity index (χ1n) is 8.16. The van der Waals surface area contributed by atoms with Gasteiger partial charge in [-0.1, -0.05) is 24.4 Å². The van der Waals surface area contributed by atoms with Crippen LogP contribution in [0, 0.1) is 13.8 Å². The SMILES string of the molecule is CCN(C(=O)c1cc(C)nc2onc(C)c12)C1CCCCC1. The topological polar surface area (TPSA) is 59.2 Å². The predicted octanol–water partition coefficient (Wildman–Crippen LogP) is 3.63. The first-order valence-corrected chi connectivity index (χ1v) is 8.16. The Morgan fingerprint density at radius 1 is 1.32 bits per heavy atom. The highest BCUT2D eigenvalue weighted by Crippen LogP contribution is 2.27. The number of carbonyl (C=O) groups excluding carboxylic acids is 1. The van der Waals surface area contributed by atoms with Gasteiger partial charge in [-0.25, -0.2) is 4.98 Å². The number of hydrogen-bond donors (Lipinski definition) is 0. The average molecular weight is 301 g/mol. The highest BCUT2D eigenvalue weighted by Gasteiger charge is 2.27. The number of aromatic nitrogens is 2. The molecule has 0 saturated heterocycles. The van der Waals surface area contributed by atoms with Gasteiger partial charge in [-0.05, 0) is 39.7 Å². The highest BCUT2D eigenvalue weighted by atomic mass is 16.5. The normalized spacial score (nSPS) is 16.1. The summed E-state index contributed by atoms with van der Waals surface area (Å²) in [6.07, 6.45) is 5.92. The summed E-state index contributed by atoms with van der Waals surface area (Å²) in [5.74, 6) is 0.0798. The van der Waals surface area contributed by atoms with Crippen LogP contribution in [-0.2, 0) is 0 Å². The molecular formula is C17H23N3O2. The molecule has 0 spiro atoms. The number of rotatable bonds is 3. The average Bonchev–Trinajstić information content (AvgIpc) is 2.89. The van der Waals surface area contributed by atoms with Gasteiger partial charge in [-0.15, -0.1) is 0 Å². The smallest absolute Gasteiger partial charge is 0.258 e. The molecule has 1 saturated carbocycles. The molecule has 118 valence electrons. The minimum atomic E-state index is 0.0798. The summed E-state index contributed by atoms with van der Waals surface area (Å²) in [5.41, 5.74) is 2.64. The van der Waals surface area contributed by atoms with E-state index in [0.717, 1.165) is 36.2 Å². The molecule has 2 aromatic heterocycles. The molecule has 1 amide bonds. The standard InChI is InChI=1S/C17H23N3O2/c1-4-20(13-8-6-5-7-9-13)17(21)14-10-11(2)18-16-15(14)12(3)19-22-16/h10,13H,4-9H2,1-3H3. The molecule has 0 bridgehead atoms. The van der Waals surface area contributed by atoms with Gasteiger partial charge in [0.15, 0.2) is 0 Å². The third-order valence-electron chi connectivity index (χ3n) is 4.59. The Kier molecular flexibility index (Phi) is 4.14. The van der Waals surface area contributed by atoms with E-state index in [1.54, 1.807) is 0 Å². The molecule has 5 nitrogen and oxygen atoms in total. The van der Waals surface area contributed by atoms with Crippen molar-refractivity contribution in [3.63, 3.8) is 0 Å². The van der Waals surface area contributed by atoms with Gasteiger partial charge in [0.05, 0.1) is 16.6 Å². The zero-order valence-electron chi connectivity index (χ0n) is 13.6. The lowest BCUT2D eigenvalue weighted by Crippen LogP contribution is -2.41.